The van der Waals surface area contributed by atoms with E-state index in [0.29, 0.717) is 18.4 Å². The van der Waals surface area contributed by atoms with Crippen LogP contribution in [0.3, 0.4) is 0 Å². The van der Waals surface area contributed by atoms with Crippen molar-refractivity contribution in [3.05, 3.63) is 12.2 Å². The molecule has 6 atom stereocenters. The summed E-state index contributed by atoms with van der Waals surface area (Å²) in [7, 11) is 0. The summed E-state index contributed by atoms with van der Waals surface area (Å²) in [5.41, 5.74) is -0.742. The minimum absolute atomic E-state index is 0.139. The quantitative estimate of drug-likeness (QED) is 0.379. The predicted octanol–water partition coefficient (Wildman–Crippen LogP) is 4.07. The van der Waals surface area contributed by atoms with Crippen molar-refractivity contribution in [1.29, 1.82) is 0 Å². The number of esters is 3. The number of carbonyl (C=O) groups excluding carboxylic acids is 3. The van der Waals surface area contributed by atoms with Crippen molar-refractivity contribution in [2.45, 2.75) is 79.4 Å². The molecule has 0 amide bonds. The van der Waals surface area contributed by atoms with Crippen LogP contribution in [0.25, 0.3) is 0 Å². The van der Waals surface area contributed by atoms with Gasteiger partial charge in [-0.1, -0.05) is 48.1 Å². The molecule has 1 spiro atoms. The van der Waals surface area contributed by atoms with Gasteiger partial charge in [-0.15, -0.1) is 0 Å². The van der Waals surface area contributed by atoms with Crippen molar-refractivity contribution in [1.82, 2.24) is 0 Å². The standard InChI is InChI=1S/C24H36O6/c1-13(2)10-18(25)30-20-19-17(29-21(26)14(3)4)9-8-15(5)23(19,7)12-24(20)16(6)11-28-22(24)27/h13-15,17,19-20H,6,8-12H2,1-5,7H3/t15-,17-,19+,20+,23+,24+/m0/s1. The van der Waals surface area contributed by atoms with Crippen molar-refractivity contribution in [3.8, 4) is 0 Å². The third-order valence-electron chi connectivity index (χ3n) is 7.59. The van der Waals surface area contributed by atoms with Crippen molar-refractivity contribution in [2.24, 2.45) is 34.5 Å². The van der Waals surface area contributed by atoms with Gasteiger partial charge in [-0.25, -0.2) is 0 Å². The zero-order valence-corrected chi connectivity index (χ0v) is 19.2. The fourth-order valence-electron chi connectivity index (χ4n) is 5.70. The molecule has 1 saturated heterocycles. The van der Waals surface area contributed by atoms with Gasteiger partial charge in [0.1, 0.15) is 24.2 Å². The molecule has 0 aromatic rings. The summed E-state index contributed by atoms with van der Waals surface area (Å²) in [4.78, 5) is 38.3. The van der Waals surface area contributed by atoms with Crippen LogP contribution < -0.4 is 0 Å². The van der Waals surface area contributed by atoms with Gasteiger partial charge < -0.3 is 14.2 Å². The first-order valence-electron chi connectivity index (χ1n) is 11.2. The van der Waals surface area contributed by atoms with Gasteiger partial charge in [0.2, 0.25) is 0 Å². The van der Waals surface area contributed by atoms with E-state index < -0.39 is 17.6 Å². The van der Waals surface area contributed by atoms with Crippen LogP contribution in [0.2, 0.25) is 0 Å². The minimum Gasteiger partial charge on any atom is -0.462 e. The van der Waals surface area contributed by atoms with E-state index >= 15 is 0 Å². The minimum atomic E-state index is -1.06. The summed E-state index contributed by atoms with van der Waals surface area (Å²) in [6.07, 6.45) is 1.20. The fourth-order valence-corrected chi connectivity index (χ4v) is 5.70. The van der Waals surface area contributed by atoms with E-state index in [-0.39, 0.29) is 60.0 Å². The van der Waals surface area contributed by atoms with Crippen molar-refractivity contribution in [2.75, 3.05) is 6.61 Å². The Morgan fingerprint density at radius 1 is 1.20 bits per heavy atom. The number of fused-ring (bicyclic) bond motifs is 1. The van der Waals surface area contributed by atoms with Crippen LogP contribution in [-0.2, 0) is 28.6 Å². The maximum atomic E-state index is 13.1. The lowest BCUT2D eigenvalue weighted by molar-refractivity contribution is -0.178. The van der Waals surface area contributed by atoms with E-state index in [9.17, 15) is 14.4 Å². The largest absolute Gasteiger partial charge is 0.462 e. The number of hydrogen-bond acceptors (Lipinski definition) is 6. The normalized spacial score (nSPS) is 38.1. The van der Waals surface area contributed by atoms with Crippen molar-refractivity contribution in [3.63, 3.8) is 0 Å². The molecular weight excluding hydrogens is 384 g/mol. The molecule has 0 N–H and O–H groups in total. The number of hydrogen-bond donors (Lipinski definition) is 0. The lowest BCUT2D eigenvalue weighted by atomic mass is 9.61. The monoisotopic (exact) mass is 420 g/mol. The second kappa shape index (κ2) is 8.01. The Balaban J connectivity index is 2.05. The lowest BCUT2D eigenvalue weighted by Gasteiger charge is -2.46. The molecule has 1 aliphatic heterocycles. The Morgan fingerprint density at radius 3 is 2.40 bits per heavy atom. The summed E-state index contributed by atoms with van der Waals surface area (Å²) in [5, 5.41) is 0. The van der Waals surface area contributed by atoms with Gasteiger partial charge in [0.15, 0.2) is 0 Å². The fraction of sp³-hybridized carbons (Fsp3) is 0.792. The van der Waals surface area contributed by atoms with Crippen LogP contribution in [0.4, 0.5) is 0 Å². The molecule has 168 valence electrons. The lowest BCUT2D eigenvalue weighted by Crippen LogP contribution is -2.50. The molecule has 1 heterocycles. The Bertz CT molecular complexity index is 722. The molecule has 2 aliphatic carbocycles. The highest BCUT2D eigenvalue weighted by Gasteiger charge is 2.72. The van der Waals surface area contributed by atoms with E-state index in [2.05, 4.69) is 20.4 Å². The molecule has 3 aliphatic rings. The molecule has 0 aromatic heterocycles. The van der Waals surface area contributed by atoms with Crippen LogP contribution in [0.5, 0.6) is 0 Å². The van der Waals surface area contributed by atoms with Gasteiger partial charge in [-0.05, 0) is 42.1 Å². The van der Waals surface area contributed by atoms with Gasteiger partial charge in [0.05, 0.1) is 5.92 Å². The average molecular weight is 421 g/mol. The van der Waals surface area contributed by atoms with Gasteiger partial charge >= 0.3 is 17.9 Å². The van der Waals surface area contributed by atoms with Crippen LogP contribution in [0, 0.1) is 34.5 Å². The van der Waals surface area contributed by atoms with Crippen LogP contribution >= 0.6 is 0 Å². The third-order valence-corrected chi connectivity index (χ3v) is 7.59. The first kappa shape index (κ1) is 22.8. The summed E-state index contributed by atoms with van der Waals surface area (Å²) < 4.78 is 17.4. The van der Waals surface area contributed by atoms with Gasteiger partial charge in [0, 0.05) is 12.3 Å². The molecule has 6 nitrogen and oxygen atoms in total. The number of rotatable bonds is 5. The van der Waals surface area contributed by atoms with E-state index in [0.717, 1.165) is 6.42 Å². The number of carbonyl (C=O) groups is 3. The Labute approximate surface area is 179 Å². The maximum Gasteiger partial charge on any atom is 0.320 e. The molecule has 0 unspecified atom stereocenters. The topological polar surface area (TPSA) is 78.9 Å². The molecule has 6 heteroatoms. The zero-order chi connectivity index (χ0) is 22.4. The summed E-state index contributed by atoms with van der Waals surface area (Å²) in [5.74, 6) is -1.08. The van der Waals surface area contributed by atoms with Gasteiger partial charge in [-0.2, -0.15) is 0 Å². The molecule has 3 rings (SSSR count). The van der Waals surface area contributed by atoms with E-state index in [1.54, 1.807) is 13.8 Å². The van der Waals surface area contributed by atoms with Crippen molar-refractivity contribution >= 4 is 17.9 Å². The highest BCUT2D eigenvalue weighted by molar-refractivity contribution is 5.86. The molecular formula is C24H36O6. The summed E-state index contributed by atoms with van der Waals surface area (Å²) in [6, 6.07) is 0. The maximum absolute atomic E-state index is 13.1. The first-order valence-corrected chi connectivity index (χ1v) is 11.2. The second-order valence-corrected chi connectivity index (χ2v) is 10.5. The first-order chi connectivity index (χ1) is 13.9. The zero-order valence-electron chi connectivity index (χ0n) is 19.2. The van der Waals surface area contributed by atoms with Gasteiger partial charge in [-0.3, -0.25) is 14.4 Å². The van der Waals surface area contributed by atoms with Crippen LogP contribution in [0.1, 0.15) is 67.2 Å². The van der Waals surface area contributed by atoms with Crippen LogP contribution in [0.15, 0.2) is 12.2 Å². The second-order valence-electron chi connectivity index (χ2n) is 10.5. The van der Waals surface area contributed by atoms with E-state index in [4.69, 9.17) is 14.2 Å². The van der Waals surface area contributed by atoms with Gasteiger partial charge in [0.25, 0.3) is 0 Å². The van der Waals surface area contributed by atoms with E-state index in [1.165, 1.54) is 0 Å². The Morgan fingerprint density at radius 2 is 1.87 bits per heavy atom. The average Bonchev–Trinajstić information content (AvgIpc) is 3.07. The number of ether oxygens (including phenoxy) is 3. The molecule has 0 bridgehead atoms. The highest BCUT2D eigenvalue weighted by Crippen LogP contribution is 2.66. The molecule has 30 heavy (non-hydrogen) atoms. The molecule has 2 saturated carbocycles. The predicted molar refractivity (Wildman–Crippen MR) is 111 cm³/mol. The molecule has 0 radical (unpaired) electrons. The molecule has 0 aromatic carbocycles. The smallest absolute Gasteiger partial charge is 0.320 e. The Kier molecular flexibility index (Phi) is 6.09. The SMILES string of the molecule is C=C1COC(=O)[C@]12C[C@@]1(C)[C@H]([C@@H](OC(=O)C(C)C)CC[C@@H]1C)[C@H]2OC(=O)CC(C)C. The van der Waals surface area contributed by atoms with Crippen molar-refractivity contribution < 1.29 is 28.6 Å². The number of cyclic esters (lactones) is 1. The van der Waals surface area contributed by atoms with Crippen LogP contribution in [-0.4, -0.2) is 36.7 Å². The third kappa shape index (κ3) is 3.56. The van der Waals surface area contributed by atoms with E-state index in [1.807, 2.05) is 13.8 Å². The molecule has 3 fully saturated rings. The Hall–Kier alpha value is -1.85. The summed E-state index contributed by atoms with van der Waals surface area (Å²) >= 11 is 0. The highest BCUT2D eigenvalue weighted by atomic mass is 16.6. The summed E-state index contributed by atoms with van der Waals surface area (Å²) in [6.45, 7) is 16.1.